The number of nitrogens with one attached hydrogen (secondary N) is 1. The highest BCUT2D eigenvalue weighted by Gasteiger charge is 2.31. The van der Waals surface area contributed by atoms with E-state index in [0.29, 0.717) is 18.6 Å². The van der Waals surface area contributed by atoms with Crippen LogP contribution in [0, 0.1) is 0 Å². The molecule has 0 aromatic heterocycles. The summed E-state index contributed by atoms with van der Waals surface area (Å²) in [6, 6.07) is 2.98. The van der Waals surface area contributed by atoms with Gasteiger partial charge in [-0.1, -0.05) is 13.0 Å². The van der Waals surface area contributed by atoms with Crippen molar-refractivity contribution >= 4 is 15.9 Å². The summed E-state index contributed by atoms with van der Waals surface area (Å²) in [6.45, 7) is -0.0176. The number of halogens is 5. The minimum atomic E-state index is -4.73. The van der Waals surface area contributed by atoms with E-state index in [0.717, 1.165) is 17.0 Å². The van der Waals surface area contributed by atoms with Crippen molar-refractivity contribution in [1.82, 2.24) is 9.62 Å². The van der Waals surface area contributed by atoms with Gasteiger partial charge in [0.1, 0.15) is 0 Å². The van der Waals surface area contributed by atoms with Gasteiger partial charge in [0.15, 0.2) is 0 Å². The summed E-state index contributed by atoms with van der Waals surface area (Å²) in [5, 5.41) is 0. The van der Waals surface area contributed by atoms with E-state index >= 15 is 0 Å². The molecule has 1 aromatic rings. The van der Waals surface area contributed by atoms with Gasteiger partial charge in [0.25, 0.3) is 6.43 Å². The summed E-state index contributed by atoms with van der Waals surface area (Å²) in [5.41, 5.74) is -1.16. The van der Waals surface area contributed by atoms with E-state index in [1.807, 2.05) is 4.72 Å². The van der Waals surface area contributed by atoms with Gasteiger partial charge in [0, 0.05) is 6.54 Å². The lowest BCUT2D eigenvalue weighted by Crippen LogP contribution is -2.42. The number of carbonyl (C=O) groups is 1. The predicted octanol–water partition coefficient (Wildman–Crippen LogP) is 2.49. The lowest BCUT2D eigenvalue weighted by atomic mass is 10.2. The molecule has 0 radical (unpaired) electrons. The molecule has 5 nitrogen and oxygen atoms in total. The van der Waals surface area contributed by atoms with Gasteiger partial charge in [-0.05, 0) is 24.6 Å². The number of benzene rings is 1. The first-order valence-corrected chi connectivity index (χ1v) is 8.68. The van der Waals surface area contributed by atoms with Gasteiger partial charge in [-0.2, -0.15) is 13.2 Å². The zero-order valence-electron chi connectivity index (χ0n) is 13.2. The number of hydrogen-bond acceptors (Lipinski definition) is 3. The molecule has 11 heteroatoms. The third kappa shape index (κ3) is 6.58. The molecule has 0 saturated carbocycles. The Bertz CT molecular complexity index is 692. The summed E-state index contributed by atoms with van der Waals surface area (Å²) < 4.78 is 88.6. The lowest BCUT2D eigenvalue weighted by Gasteiger charge is -2.21. The van der Waals surface area contributed by atoms with Crippen LogP contribution in [0.1, 0.15) is 18.9 Å². The van der Waals surface area contributed by atoms with Crippen LogP contribution in [-0.2, 0) is 21.0 Å². The number of carbonyl (C=O) groups excluding carboxylic acids is 1. The third-order valence-electron chi connectivity index (χ3n) is 3.09. The van der Waals surface area contributed by atoms with Crippen LogP contribution in [0.2, 0.25) is 0 Å². The van der Waals surface area contributed by atoms with E-state index in [9.17, 15) is 35.2 Å². The predicted molar refractivity (Wildman–Crippen MR) is 79.5 cm³/mol. The fourth-order valence-electron chi connectivity index (χ4n) is 1.95. The fraction of sp³-hybridized carbons (Fsp3) is 0.500. The first-order chi connectivity index (χ1) is 11.5. The molecule has 1 N–H and O–H groups in total. The summed E-state index contributed by atoms with van der Waals surface area (Å²) in [7, 11) is -4.40. The standard InChI is InChI=1S/C14H17F5N2O3S/c1-2-6-21(9-12(15)16)13(22)8-20-25(23,24)11-5-3-4-10(7-11)14(17,18)19/h3-5,7,12,20H,2,6,8-9H2,1H3. The van der Waals surface area contributed by atoms with Crippen molar-refractivity contribution in [2.75, 3.05) is 19.6 Å². The number of hydrogen-bond donors (Lipinski definition) is 1. The van der Waals surface area contributed by atoms with Gasteiger partial charge in [-0.3, -0.25) is 4.79 Å². The van der Waals surface area contributed by atoms with Crippen LogP contribution in [0.15, 0.2) is 29.2 Å². The highest BCUT2D eigenvalue weighted by Crippen LogP contribution is 2.30. The van der Waals surface area contributed by atoms with Crippen LogP contribution < -0.4 is 4.72 Å². The second-order valence-electron chi connectivity index (χ2n) is 5.08. The Balaban J connectivity index is 2.86. The molecule has 0 heterocycles. The van der Waals surface area contributed by atoms with Crippen molar-refractivity contribution < 1.29 is 35.2 Å². The van der Waals surface area contributed by atoms with E-state index in [4.69, 9.17) is 0 Å². The minimum Gasteiger partial charge on any atom is -0.336 e. The van der Waals surface area contributed by atoms with Gasteiger partial charge in [-0.25, -0.2) is 21.9 Å². The van der Waals surface area contributed by atoms with Crippen LogP contribution in [0.3, 0.4) is 0 Å². The highest BCUT2D eigenvalue weighted by molar-refractivity contribution is 7.89. The Labute approximate surface area is 141 Å². The second kappa shape index (κ2) is 8.56. The van der Waals surface area contributed by atoms with Gasteiger partial charge in [0.05, 0.1) is 23.5 Å². The summed E-state index contributed by atoms with van der Waals surface area (Å²) in [5.74, 6) is -0.891. The molecule has 1 rings (SSSR count). The third-order valence-corrected chi connectivity index (χ3v) is 4.49. The maximum Gasteiger partial charge on any atom is 0.416 e. The highest BCUT2D eigenvalue weighted by atomic mass is 32.2. The van der Waals surface area contributed by atoms with Gasteiger partial charge in [0.2, 0.25) is 15.9 Å². The molecular weight excluding hydrogens is 371 g/mol. The number of sulfonamides is 1. The molecular formula is C14H17F5N2O3S. The first kappa shape index (κ1) is 21.3. The molecule has 25 heavy (non-hydrogen) atoms. The molecule has 0 fully saturated rings. The summed E-state index contributed by atoms with van der Waals surface area (Å²) >= 11 is 0. The van der Waals surface area contributed by atoms with Crippen molar-refractivity contribution in [3.63, 3.8) is 0 Å². The molecule has 0 unspecified atom stereocenters. The molecule has 0 atom stereocenters. The van der Waals surface area contributed by atoms with Crippen LogP contribution in [0.25, 0.3) is 0 Å². The Morgan fingerprint density at radius 2 is 1.92 bits per heavy atom. The Hall–Kier alpha value is -1.75. The second-order valence-corrected chi connectivity index (χ2v) is 6.85. The SMILES string of the molecule is CCCN(CC(F)F)C(=O)CNS(=O)(=O)c1cccc(C(F)(F)F)c1. The normalized spacial score (nSPS) is 12.4. The minimum absolute atomic E-state index is 0.00839. The van der Waals surface area contributed by atoms with Crippen LogP contribution in [0.5, 0.6) is 0 Å². The van der Waals surface area contributed by atoms with Crippen LogP contribution >= 0.6 is 0 Å². The summed E-state index contributed by atoms with van der Waals surface area (Å²) in [4.78, 5) is 12.0. The van der Waals surface area contributed by atoms with E-state index in [1.54, 1.807) is 6.92 Å². The van der Waals surface area contributed by atoms with Crippen molar-refractivity contribution in [2.24, 2.45) is 0 Å². The quantitative estimate of drug-likeness (QED) is 0.696. The number of alkyl halides is 5. The van der Waals surface area contributed by atoms with Gasteiger partial charge in [-0.15, -0.1) is 0 Å². The van der Waals surface area contributed by atoms with Crippen molar-refractivity contribution in [2.45, 2.75) is 30.8 Å². The number of rotatable bonds is 8. The molecule has 0 bridgehead atoms. The van der Waals surface area contributed by atoms with E-state index in [1.165, 1.54) is 0 Å². The van der Waals surface area contributed by atoms with Crippen LogP contribution in [0.4, 0.5) is 22.0 Å². The van der Waals surface area contributed by atoms with E-state index < -0.39 is 52.1 Å². The molecule has 0 spiro atoms. The Kier molecular flexibility index (Phi) is 7.29. The van der Waals surface area contributed by atoms with E-state index in [-0.39, 0.29) is 6.54 Å². The molecule has 0 aliphatic heterocycles. The van der Waals surface area contributed by atoms with Crippen molar-refractivity contribution in [3.8, 4) is 0 Å². The first-order valence-electron chi connectivity index (χ1n) is 7.20. The molecule has 1 aromatic carbocycles. The Morgan fingerprint density at radius 3 is 2.44 bits per heavy atom. The zero-order valence-corrected chi connectivity index (χ0v) is 14.0. The maximum absolute atomic E-state index is 12.6. The van der Waals surface area contributed by atoms with Gasteiger partial charge >= 0.3 is 6.18 Å². The smallest absolute Gasteiger partial charge is 0.336 e. The molecule has 0 aliphatic rings. The van der Waals surface area contributed by atoms with Crippen molar-refractivity contribution in [3.05, 3.63) is 29.8 Å². The molecule has 0 aliphatic carbocycles. The fourth-order valence-corrected chi connectivity index (χ4v) is 2.97. The molecule has 1 amide bonds. The van der Waals surface area contributed by atoms with Crippen molar-refractivity contribution in [1.29, 1.82) is 0 Å². The maximum atomic E-state index is 12.6. The Morgan fingerprint density at radius 1 is 1.28 bits per heavy atom. The average molecular weight is 388 g/mol. The monoisotopic (exact) mass is 388 g/mol. The summed E-state index contributed by atoms with van der Waals surface area (Å²) in [6.07, 6.45) is -7.12. The van der Waals surface area contributed by atoms with E-state index in [2.05, 4.69) is 0 Å². The number of nitrogens with zero attached hydrogens (tertiary/aromatic N) is 1. The average Bonchev–Trinajstić information content (AvgIpc) is 2.51. The lowest BCUT2D eigenvalue weighted by molar-refractivity contribution is -0.137. The topological polar surface area (TPSA) is 66.5 Å². The van der Waals surface area contributed by atoms with Crippen LogP contribution in [-0.4, -0.2) is 45.3 Å². The number of amides is 1. The largest absolute Gasteiger partial charge is 0.416 e. The molecule has 0 saturated heterocycles. The zero-order chi connectivity index (χ0) is 19.3. The van der Waals surface area contributed by atoms with Gasteiger partial charge < -0.3 is 4.90 Å². The molecule has 142 valence electrons.